The number of methoxy groups -OCH3 is 1. The first-order valence-corrected chi connectivity index (χ1v) is 9.42. The summed E-state index contributed by atoms with van der Waals surface area (Å²) >= 11 is 0. The van der Waals surface area contributed by atoms with Crippen LogP contribution in [0.25, 0.3) is 0 Å². The van der Waals surface area contributed by atoms with Gasteiger partial charge in [0.1, 0.15) is 11.5 Å². The van der Waals surface area contributed by atoms with Crippen molar-refractivity contribution in [3.8, 4) is 11.5 Å². The molecular weight excluding hydrogens is 364 g/mol. The highest BCUT2D eigenvalue weighted by Crippen LogP contribution is 2.27. The molecule has 1 amide bonds. The number of carbonyl (C=O) groups excluding carboxylic acids is 1. The van der Waals surface area contributed by atoms with E-state index in [2.05, 4.69) is 0 Å². The molecule has 1 heterocycles. The van der Waals surface area contributed by atoms with E-state index in [9.17, 15) is 9.59 Å². The van der Waals surface area contributed by atoms with Crippen LogP contribution in [0.3, 0.4) is 0 Å². The normalized spacial score (nSPS) is 17.1. The third-order valence-corrected chi connectivity index (χ3v) is 4.34. The van der Waals surface area contributed by atoms with Crippen molar-refractivity contribution < 1.29 is 28.9 Å². The number of ether oxygens (including phenoxy) is 3. The van der Waals surface area contributed by atoms with Gasteiger partial charge in [-0.25, -0.2) is 0 Å². The molecule has 0 bridgehead atoms. The summed E-state index contributed by atoms with van der Waals surface area (Å²) in [6.07, 6.45) is -0.236. The number of aliphatic carboxylic acids is 1. The molecule has 0 radical (unpaired) electrons. The Balaban J connectivity index is 2.10. The highest BCUT2D eigenvalue weighted by molar-refractivity contribution is 5.97. The van der Waals surface area contributed by atoms with Crippen LogP contribution < -0.4 is 9.47 Å². The Labute approximate surface area is 166 Å². The van der Waals surface area contributed by atoms with Gasteiger partial charge in [-0.15, -0.1) is 0 Å². The summed E-state index contributed by atoms with van der Waals surface area (Å²) in [5.74, 6) is 0.438. The number of hydrogen-bond acceptors (Lipinski definition) is 6. The zero-order valence-corrected chi connectivity index (χ0v) is 17.0. The van der Waals surface area contributed by atoms with Gasteiger partial charge in [0.05, 0.1) is 38.5 Å². The number of morpholine rings is 1. The molecule has 0 spiro atoms. The number of benzene rings is 1. The molecule has 1 aromatic carbocycles. The molecule has 8 heteroatoms. The van der Waals surface area contributed by atoms with Gasteiger partial charge in [0, 0.05) is 25.7 Å². The number of rotatable bonds is 9. The fraction of sp³-hybridized carbons (Fsp3) is 0.600. The zero-order valence-electron chi connectivity index (χ0n) is 17.0. The molecule has 1 N–H and O–H groups in total. The van der Waals surface area contributed by atoms with Gasteiger partial charge in [0.25, 0.3) is 5.91 Å². The molecule has 1 saturated heterocycles. The Kier molecular flexibility index (Phi) is 8.07. The molecule has 0 saturated carbocycles. The van der Waals surface area contributed by atoms with Crippen LogP contribution in [0.5, 0.6) is 11.5 Å². The smallest absolute Gasteiger partial charge is 0.317 e. The lowest BCUT2D eigenvalue weighted by atomic mass is 10.1. The van der Waals surface area contributed by atoms with E-state index in [1.807, 2.05) is 13.8 Å². The maximum atomic E-state index is 13.1. The molecule has 1 aliphatic rings. The monoisotopic (exact) mass is 394 g/mol. The van der Waals surface area contributed by atoms with Crippen molar-refractivity contribution in [1.82, 2.24) is 9.80 Å². The summed E-state index contributed by atoms with van der Waals surface area (Å²) in [4.78, 5) is 27.4. The molecule has 1 atom stereocenters. The molecule has 28 heavy (non-hydrogen) atoms. The Morgan fingerprint density at radius 2 is 2.14 bits per heavy atom. The first-order chi connectivity index (χ1) is 13.3. The average molecular weight is 394 g/mol. The summed E-state index contributed by atoms with van der Waals surface area (Å²) in [5, 5.41) is 8.89. The second-order valence-corrected chi connectivity index (χ2v) is 7.40. The molecule has 1 aromatic rings. The second-order valence-electron chi connectivity index (χ2n) is 7.40. The van der Waals surface area contributed by atoms with Crippen LogP contribution in [-0.2, 0) is 9.53 Å². The third kappa shape index (κ3) is 6.38. The van der Waals surface area contributed by atoms with Crippen LogP contribution in [0, 0.1) is 5.92 Å². The molecule has 1 aliphatic heterocycles. The SMILES string of the molecule is COc1ccc(C(=O)N2CCOC(CN(C)CC(=O)O)C2)c(OCC(C)C)c1. The van der Waals surface area contributed by atoms with Gasteiger partial charge in [-0.3, -0.25) is 14.5 Å². The minimum Gasteiger partial charge on any atom is -0.497 e. The van der Waals surface area contributed by atoms with Crippen molar-refractivity contribution in [1.29, 1.82) is 0 Å². The Bertz CT molecular complexity index is 679. The van der Waals surface area contributed by atoms with Crippen molar-refractivity contribution in [3.63, 3.8) is 0 Å². The number of carboxylic acids is 1. The lowest BCUT2D eigenvalue weighted by molar-refractivity contribution is -0.138. The zero-order chi connectivity index (χ0) is 20.7. The molecule has 2 rings (SSSR count). The fourth-order valence-corrected chi connectivity index (χ4v) is 3.01. The van der Waals surface area contributed by atoms with E-state index in [4.69, 9.17) is 19.3 Å². The van der Waals surface area contributed by atoms with Crippen molar-refractivity contribution in [3.05, 3.63) is 23.8 Å². The molecule has 8 nitrogen and oxygen atoms in total. The van der Waals surface area contributed by atoms with Crippen molar-refractivity contribution in [2.45, 2.75) is 20.0 Å². The number of carbonyl (C=O) groups is 2. The molecule has 1 fully saturated rings. The van der Waals surface area contributed by atoms with E-state index >= 15 is 0 Å². The largest absolute Gasteiger partial charge is 0.497 e. The fourth-order valence-electron chi connectivity index (χ4n) is 3.01. The van der Waals surface area contributed by atoms with E-state index in [0.717, 1.165) is 0 Å². The van der Waals surface area contributed by atoms with Gasteiger partial charge in [-0.2, -0.15) is 0 Å². The summed E-state index contributed by atoms with van der Waals surface area (Å²) in [7, 11) is 3.29. The van der Waals surface area contributed by atoms with Crippen molar-refractivity contribution in [2.75, 3.05) is 53.6 Å². The quantitative estimate of drug-likeness (QED) is 0.680. The van der Waals surface area contributed by atoms with E-state index in [-0.39, 0.29) is 18.6 Å². The second kappa shape index (κ2) is 10.3. The predicted octanol–water partition coefficient (Wildman–Crippen LogP) is 1.59. The number of hydrogen-bond donors (Lipinski definition) is 1. The summed E-state index contributed by atoms with van der Waals surface area (Å²) in [6, 6.07) is 5.19. The topological polar surface area (TPSA) is 88.5 Å². The van der Waals surface area contributed by atoms with Crippen LogP contribution in [-0.4, -0.2) is 86.4 Å². The van der Waals surface area contributed by atoms with Gasteiger partial charge in [0.15, 0.2) is 0 Å². The number of likely N-dealkylation sites (N-methyl/N-ethyl adjacent to an activating group) is 1. The summed E-state index contributed by atoms with van der Waals surface area (Å²) < 4.78 is 16.8. The summed E-state index contributed by atoms with van der Waals surface area (Å²) in [5.41, 5.74) is 0.487. The van der Waals surface area contributed by atoms with E-state index in [1.54, 1.807) is 42.2 Å². The maximum Gasteiger partial charge on any atom is 0.317 e. The number of amides is 1. The van der Waals surface area contributed by atoms with Crippen LogP contribution in [0.15, 0.2) is 18.2 Å². The Morgan fingerprint density at radius 3 is 2.79 bits per heavy atom. The Hall–Kier alpha value is -2.32. The first kappa shape index (κ1) is 22.0. The van der Waals surface area contributed by atoms with E-state index in [1.165, 1.54) is 0 Å². The molecule has 1 unspecified atom stereocenters. The van der Waals surface area contributed by atoms with Crippen LogP contribution in [0.2, 0.25) is 0 Å². The lowest BCUT2D eigenvalue weighted by Gasteiger charge is -2.35. The predicted molar refractivity (Wildman–Crippen MR) is 104 cm³/mol. The van der Waals surface area contributed by atoms with Gasteiger partial charge in [-0.1, -0.05) is 13.8 Å². The third-order valence-electron chi connectivity index (χ3n) is 4.34. The average Bonchev–Trinajstić information content (AvgIpc) is 2.65. The highest BCUT2D eigenvalue weighted by atomic mass is 16.5. The first-order valence-electron chi connectivity index (χ1n) is 9.42. The highest BCUT2D eigenvalue weighted by Gasteiger charge is 2.28. The van der Waals surface area contributed by atoms with Crippen LogP contribution >= 0.6 is 0 Å². The molecule has 156 valence electrons. The van der Waals surface area contributed by atoms with E-state index in [0.29, 0.717) is 55.8 Å². The number of carboxylic acid groups (broad SMARTS) is 1. The lowest BCUT2D eigenvalue weighted by Crippen LogP contribution is -2.49. The number of nitrogens with zero attached hydrogens (tertiary/aromatic N) is 2. The van der Waals surface area contributed by atoms with Gasteiger partial charge in [0.2, 0.25) is 0 Å². The molecule has 0 aromatic heterocycles. The molecular formula is C20H30N2O6. The molecule has 0 aliphatic carbocycles. The van der Waals surface area contributed by atoms with Crippen molar-refractivity contribution >= 4 is 11.9 Å². The van der Waals surface area contributed by atoms with Gasteiger partial charge in [-0.05, 0) is 25.1 Å². The van der Waals surface area contributed by atoms with Gasteiger partial charge < -0.3 is 24.2 Å². The summed E-state index contributed by atoms with van der Waals surface area (Å²) in [6.45, 7) is 6.25. The van der Waals surface area contributed by atoms with Gasteiger partial charge >= 0.3 is 5.97 Å². The van der Waals surface area contributed by atoms with E-state index < -0.39 is 5.97 Å². The Morgan fingerprint density at radius 1 is 1.39 bits per heavy atom. The van der Waals surface area contributed by atoms with Crippen LogP contribution in [0.1, 0.15) is 24.2 Å². The standard InChI is InChI=1S/C20H30N2O6/c1-14(2)13-28-18-9-15(26-4)5-6-17(18)20(25)22-7-8-27-16(11-22)10-21(3)12-19(23)24/h5-6,9,14,16H,7-8,10-13H2,1-4H3,(H,23,24). The minimum atomic E-state index is -0.892. The maximum absolute atomic E-state index is 13.1. The van der Waals surface area contributed by atoms with Crippen LogP contribution in [0.4, 0.5) is 0 Å². The minimum absolute atomic E-state index is 0.0700. The van der Waals surface area contributed by atoms with Crippen molar-refractivity contribution in [2.24, 2.45) is 5.92 Å².